The van der Waals surface area contributed by atoms with Gasteiger partial charge in [-0.15, -0.1) is 0 Å². The molecule has 0 radical (unpaired) electrons. The van der Waals surface area contributed by atoms with E-state index in [1.54, 1.807) is 0 Å². The van der Waals surface area contributed by atoms with Crippen LogP contribution >= 0.6 is 0 Å². The summed E-state index contributed by atoms with van der Waals surface area (Å²) in [6.07, 6.45) is 0. The summed E-state index contributed by atoms with van der Waals surface area (Å²) in [6, 6.07) is 22.8. The van der Waals surface area contributed by atoms with Gasteiger partial charge in [0.2, 0.25) is 0 Å². The summed E-state index contributed by atoms with van der Waals surface area (Å²) < 4.78 is 0. The fourth-order valence-electron chi connectivity index (χ4n) is 4.30. The molecule has 0 aliphatic heterocycles. The minimum absolute atomic E-state index is 0.0384. The summed E-state index contributed by atoms with van der Waals surface area (Å²) in [5.74, 6) is 0. The highest BCUT2D eigenvalue weighted by Crippen LogP contribution is 2.41. The first-order valence-corrected chi connectivity index (χ1v) is 10.4. The van der Waals surface area contributed by atoms with E-state index in [1.165, 1.54) is 33.2 Å². The van der Waals surface area contributed by atoms with Crippen LogP contribution in [0.1, 0.15) is 61.0 Å². The smallest absolute Gasteiger partial charge is 0.0452 e. The highest BCUT2D eigenvalue weighted by atomic mass is 15.2. The average molecular weight is 374 g/mol. The molecule has 0 amide bonds. The minimum Gasteiger partial charge on any atom is -0.364 e. The topological polar surface area (TPSA) is 3.24 Å². The Morgan fingerprint density at radius 3 is 1.96 bits per heavy atom. The van der Waals surface area contributed by atoms with Crippen LogP contribution < -0.4 is 4.90 Å². The van der Waals surface area contributed by atoms with Crippen molar-refractivity contribution >= 4 is 16.5 Å². The van der Waals surface area contributed by atoms with Crippen molar-refractivity contribution in [1.82, 2.24) is 0 Å². The molecule has 0 fully saturated rings. The lowest BCUT2D eigenvalue weighted by Crippen LogP contribution is -2.46. The van der Waals surface area contributed by atoms with Crippen molar-refractivity contribution in [2.75, 3.05) is 4.90 Å². The van der Waals surface area contributed by atoms with E-state index in [2.05, 4.69) is 121 Å². The highest BCUT2D eigenvalue weighted by Gasteiger charge is 2.28. The predicted molar refractivity (Wildman–Crippen MR) is 125 cm³/mol. The molecule has 0 atom stereocenters. The molecule has 0 spiro atoms. The fourth-order valence-corrected chi connectivity index (χ4v) is 4.30. The standard InChI is InChI=1S/C27H35N/c1-19(2)28(27(6,7)8)25-17-16-21(26(3,4)5)18-24(25)23-15-11-13-20-12-9-10-14-22(20)23/h9-19H,1-8H3. The molecule has 3 aromatic rings. The Bertz CT molecular complexity index is 962. The molecule has 28 heavy (non-hydrogen) atoms. The van der Waals surface area contributed by atoms with Gasteiger partial charge in [-0.3, -0.25) is 0 Å². The van der Waals surface area contributed by atoms with Gasteiger partial charge >= 0.3 is 0 Å². The Hall–Kier alpha value is -2.28. The molecule has 0 unspecified atom stereocenters. The van der Waals surface area contributed by atoms with E-state index in [9.17, 15) is 0 Å². The van der Waals surface area contributed by atoms with Crippen molar-refractivity contribution in [3.63, 3.8) is 0 Å². The second-order valence-corrected chi connectivity index (χ2v) is 10.1. The molecule has 1 nitrogen and oxygen atoms in total. The zero-order valence-electron chi connectivity index (χ0n) is 18.8. The van der Waals surface area contributed by atoms with Gasteiger partial charge in [0, 0.05) is 22.8 Å². The second-order valence-electron chi connectivity index (χ2n) is 10.1. The van der Waals surface area contributed by atoms with E-state index < -0.39 is 0 Å². The molecule has 3 aromatic carbocycles. The summed E-state index contributed by atoms with van der Waals surface area (Å²) in [5, 5.41) is 2.61. The van der Waals surface area contributed by atoms with Crippen molar-refractivity contribution in [3.05, 3.63) is 66.2 Å². The third kappa shape index (κ3) is 3.94. The van der Waals surface area contributed by atoms with E-state index in [0.29, 0.717) is 6.04 Å². The molecular formula is C27H35N. The van der Waals surface area contributed by atoms with Gasteiger partial charge in [0.25, 0.3) is 0 Å². The zero-order chi connectivity index (χ0) is 20.7. The molecule has 0 aromatic heterocycles. The minimum atomic E-state index is 0.0384. The summed E-state index contributed by atoms with van der Waals surface area (Å²) in [4.78, 5) is 2.55. The van der Waals surface area contributed by atoms with Gasteiger partial charge in [0.15, 0.2) is 0 Å². The number of anilines is 1. The normalized spacial score (nSPS) is 12.6. The number of fused-ring (bicyclic) bond motifs is 1. The number of benzene rings is 3. The molecule has 3 rings (SSSR count). The van der Waals surface area contributed by atoms with Crippen LogP contribution in [-0.4, -0.2) is 11.6 Å². The molecule has 1 heteroatoms. The largest absolute Gasteiger partial charge is 0.364 e. The van der Waals surface area contributed by atoms with Crippen molar-refractivity contribution in [3.8, 4) is 11.1 Å². The predicted octanol–water partition coefficient (Wildman–Crippen LogP) is 7.82. The number of rotatable bonds is 3. The van der Waals surface area contributed by atoms with Gasteiger partial charge < -0.3 is 4.90 Å². The number of hydrogen-bond acceptors (Lipinski definition) is 1. The molecule has 0 aliphatic rings. The van der Waals surface area contributed by atoms with Crippen LogP contribution in [-0.2, 0) is 5.41 Å². The second kappa shape index (κ2) is 7.28. The van der Waals surface area contributed by atoms with Crippen molar-refractivity contribution < 1.29 is 0 Å². The summed E-state index contributed by atoms with van der Waals surface area (Å²) in [6.45, 7) is 18.4. The average Bonchev–Trinajstić information content (AvgIpc) is 2.59. The first kappa shape index (κ1) is 20.5. The number of nitrogens with zero attached hydrogens (tertiary/aromatic N) is 1. The van der Waals surface area contributed by atoms with Gasteiger partial charge in [-0.05, 0) is 74.1 Å². The van der Waals surface area contributed by atoms with Crippen LogP contribution in [0.2, 0.25) is 0 Å². The van der Waals surface area contributed by atoms with E-state index in [0.717, 1.165) is 0 Å². The lowest BCUT2D eigenvalue weighted by atomic mass is 9.83. The summed E-state index contributed by atoms with van der Waals surface area (Å²) in [5.41, 5.74) is 5.48. The molecule has 0 saturated carbocycles. The summed E-state index contributed by atoms with van der Waals surface area (Å²) >= 11 is 0. The number of hydrogen-bond donors (Lipinski definition) is 0. The molecule has 0 heterocycles. The van der Waals surface area contributed by atoms with E-state index in [4.69, 9.17) is 0 Å². The van der Waals surface area contributed by atoms with Crippen LogP contribution in [0, 0.1) is 0 Å². The van der Waals surface area contributed by atoms with Crippen LogP contribution in [0.3, 0.4) is 0 Å². The van der Waals surface area contributed by atoms with E-state index in [-0.39, 0.29) is 11.0 Å². The Morgan fingerprint density at radius 2 is 1.36 bits per heavy atom. The Morgan fingerprint density at radius 1 is 0.714 bits per heavy atom. The Kier molecular flexibility index (Phi) is 5.32. The third-order valence-electron chi connectivity index (χ3n) is 5.44. The highest BCUT2D eigenvalue weighted by molar-refractivity contribution is 6.00. The van der Waals surface area contributed by atoms with Gasteiger partial charge in [-0.25, -0.2) is 0 Å². The lowest BCUT2D eigenvalue weighted by Gasteiger charge is -2.42. The van der Waals surface area contributed by atoms with Crippen LogP contribution in [0.15, 0.2) is 60.7 Å². The molecular weight excluding hydrogens is 338 g/mol. The van der Waals surface area contributed by atoms with Gasteiger partial charge in [-0.2, -0.15) is 0 Å². The molecule has 0 bridgehead atoms. The van der Waals surface area contributed by atoms with Gasteiger partial charge in [0.05, 0.1) is 0 Å². The first-order chi connectivity index (χ1) is 13.0. The maximum Gasteiger partial charge on any atom is 0.0452 e. The lowest BCUT2D eigenvalue weighted by molar-refractivity contribution is 0.465. The zero-order valence-corrected chi connectivity index (χ0v) is 18.8. The SMILES string of the molecule is CC(C)N(c1ccc(C(C)(C)C)cc1-c1cccc2ccccc12)C(C)(C)C. The Labute approximate surface area is 171 Å². The molecule has 0 saturated heterocycles. The molecule has 0 N–H and O–H groups in total. The van der Waals surface area contributed by atoms with Gasteiger partial charge in [-0.1, -0.05) is 69.3 Å². The van der Waals surface area contributed by atoms with Gasteiger partial charge in [0.1, 0.15) is 0 Å². The quantitative estimate of drug-likeness (QED) is 0.452. The fraction of sp³-hybridized carbons (Fsp3) is 0.407. The molecule has 148 valence electrons. The van der Waals surface area contributed by atoms with E-state index >= 15 is 0 Å². The van der Waals surface area contributed by atoms with Crippen LogP contribution in [0.25, 0.3) is 21.9 Å². The maximum atomic E-state index is 2.55. The van der Waals surface area contributed by atoms with Crippen molar-refractivity contribution in [1.29, 1.82) is 0 Å². The molecule has 0 aliphatic carbocycles. The van der Waals surface area contributed by atoms with E-state index in [1.807, 2.05) is 0 Å². The van der Waals surface area contributed by atoms with Crippen LogP contribution in [0.4, 0.5) is 5.69 Å². The summed E-state index contributed by atoms with van der Waals surface area (Å²) in [7, 11) is 0. The third-order valence-corrected chi connectivity index (χ3v) is 5.44. The maximum absolute atomic E-state index is 2.55. The Balaban J connectivity index is 2.36. The van der Waals surface area contributed by atoms with Crippen molar-refractivity contribution in [2.45, 2.75) is 72.4 Å². The van der Waals surface area contributed by atoms with Crippen LogP contribution in [0.5, 0.6) is 0 Å². The monoisotopic (exact) mass is 373 g/mol. The first-order valence-electron chi connectivity index (χ1n) is 10.4. The van der Waals surface area contributed by atoms with Crippen molar-refractivity contribution in [2.24, 2.45) is 0 Å².